The molecule has 0 aromatic heterocycles. The average molecular weight is 947 g/mol. The lowest BCUT2D eigenvalue weighted by Crippen LogP contribution is -2.45. The van der Waals surface area contributed by atoms with E-state index in [2.05, 4.69) is 19.2 Å². The van der Waals surface area contributed by atoms with E-state index in [1.54, 1.807) is 6.08 Å². The van der Waals surface area contributed by atoms with E-state index in [0.29, 0.717) is 19.4 Å². The number of unbranched alkanes of at least 4 members (excludes halogenated alkanes) is 46. The molecule has 0 aliphatic carbocycles. The third kappa shape index (κ3) is 53.8. The van der Waals surface area contributed by atoms with Crippen LogP contribution in [0.3, 0.4) is 0 Å². The lowest BCUT2D eigenvalue weighted by atomic mass is 10.0. The molecule has 0 heterocycles. The summed E-state index contributed by atoms with van der Waals surface area (Å²) in [7, 11) is 0. The van der Waals surface area contributed by atoms with Crippen LogP contribution >= 0.6 is 0 Å². The Bertz CT molecular complexity index is 1000. The van der Waals surface area contributed by atoms with E-state index in [0.717, 1.165) is 57.8 Å². The van der Waals surface area contributed by atoms with Gasteiger partial charge >= 0.3 is 5.97 Å². The Morgan fingerprint density at radius 2 is 0.687 bits per heavy atom. The van der Waals surface area contributed by atoms with E-state index in [-0.39, 0.29) is 18.5 Å². The third-order valence-electron chi connectivity index (χ3n) is 14.3. The van der Waals surface area contributed by atoms with Gasteiger partial charge in [-0.1, -0.05) is 309 Å². The van der Waals surface area contributed by atoms with Crippen LogP contribution in [-0.4, -0.2) is 47.4 Å². The fraction of sp³-hybridized carbons (Fsp3) is 0.934. The van der Waals surface area contributed by atoms with Crippen molar-refractivity contribution in [3.8, 4) is 0 Å². The molecule has 2 atom stereocenters. The molecule has 6 heteroatoms. The van der Waals surface area contributed by atoms with Gasteiger partial charge in [-0.3, -0.25) is 9.59 Å². The molecule has 0 saturated heterocycles. The summed E-state index contributed by atoms with van der Waals surface area (Å²) in [6, 6.07) is -0.648. The van der Waals surface area contributed by atoms with Gasteiger partial charge in [0.25, 0.3) is 0 Å². The van der Waals surface area contributed by atoms with Gasteiger partial charge in [-0.2, -0.15) is 0 Å². The molecule has 0 aromatic carbocycles. The second-order valence-corrected chi connectivity index (χ2v) is 21.0. The number of aliphatic hydroxyl groups is 2. The van der Waals surface area contributed by atoms with Gasteiger partial charge in [-0.25, -0.2) is 0 Å². The average Bonchev–Trinajstić information content (AvgIpc) is 3.33. The van der Waals surface area contributed by atoms with Gasteiger partial charge in [0.05, 0.1) is 25.4 Å². The van der Waals surface area contributed by atoms with Crippen molar-refractivity contribution < 1.29 is 24.5 Å². The first kappa shape index (κ1) is 65.6. The molecule has 3 N–H and O–H groups in total. The summed E-state index contributed by atoms with van der Waals surface area (Å²) in [5.74, 6) is -0.112. The topological polar surface area (TPSA) is 95.9 Å². The molecule has 0 aliphatic heterocycles. The monoisotopic (exact) mass is 946 g/mol. The number of aliphatic hydroxyl groups excluding tert-OH is 2. The van der Waals surface area contributed by atoms with E-state index < -0.39 is 12.1 Å². The van der Waals surface area contributed by atoms with Crippen LogP contribution in [0.4, 0.5) is 0 Å². The molecule has 0 saturated carbocycles. The van der Waals surface area contributed by atoms with Gasteiger partial charge in [0, 0.05) is 12.8 Å². The fourth-order valence-corrected chi connectivity index (χ4v) is 9.64. The van der Waals surface area contributed by atoms with Crippen molar-refractivity contribution in [1.29, 1.82) is 0 Å². The molecule has 398 valence electrons. The molecule has 1 amide bonds. The predicted molar refractivity (Wildman–Crippen MR) is 292 cm³/mol. The third-order valence-corrected chi connectivity index (χ3v) is 14.3. The van der Waals surface area contributed by atoms with Crippen molar-refractivity contribution in [3.05, 3.63) is 12.2 Å². The summed E-state index contributed by atoms with van der Waals surface area (Å²) in [4.78, 5) is 24.6. The molecule has 0 fully saturated rings. The lowest BCUT2D eigenvalue weighted by molar-refractivity contribution is -0.143. The molecule has 0 spiro atoms. The number of esters is 1. The zero-order valence-corrected chi connectivity index (χ0v) is 45.4. The highest BCUT2D eigenvalue weighted by Crippen LogP contribution is 2.18. The Kier molecular flexibility index (Phi) is 56.0. The molecular weight excluding hydrogens is 827 g/mol. The highest BCUT2D eigenvalue weighted by atomic mass is 16.5. The van der Waals surface area contributed by atoms with Crippen molar-refractivity contribution >= 4 is 11.9 Å². The molecule has 67 heavy (non-hydrogen) atoms. The summed E-state index contributed by atoms with van der Waals surface area (Å²) in [6.07, 6.45) is 68.1. The quantitative estimate of drug-likeness (QED) is 0.0321. The molecule has 0 aromatic rings. The Labute approximate surface area is 419 Å². The highest BCUT2D eigenvalue weighted by molar-refractivity contribution is 5.76. The van der Waals surface area contributed by atoms with Crippen LogP contribution in [0.25, 0.3) is 0 Å². The van der Waals surface area contributed by atoms with Gasteiger partial charge in [-0.05, 0) is 32.1 Å². The van der Waals surface area contributed by atoms with Crippen LogP contribution in [0.1, 0.15) is 341 Å². The summed E-state index contributed by atoms with van der Waals surface area (Å²) >= 11 is 0. The molecule has 0 aliphatic rings. The number of ether oxygens (including phenoxy) is 1. The number of hydrogen-bond donors (Lipinski definition) is 3. The number of rotatable bonds is 57. The van der Waals surface area contributed by atoms with Crippen LogP contribution in [-0.2, 0) is 14.3 Å². The largest absolute Gasteiger partial charge is 0.466 e. The van der Waals surface area contributed by atoms with Gasteiger partial charge in [0.15, 0.2) is 0 Å². The van der Waals surface area contributed by atoms with E-state index in [1.807, 2.05) is 6.08 Å². The van der Waals surface area contributed by atoms with Crippen LogP contribution in [0.5, 0.6) is 0 Å². The Balaban J connectivity index is 3.48. The van der Waals surface area contributed by atoms with Crippen molar-refractivity contribution in [3.63, 3.8) is 0 Å². The van der Waals surface area contributed by atoms with Gasteiger partial charge in [0.1, 0.15) is 0 Å². The van der Waals surface area contributed by atoms with E-state index >= 15 is 0 Å². The first-order chi connectivity index (χ1) is 33.0. The smallest absolute Gasteiger partial charge is 0.305 e. The maximum Gasteiger partial charge on any atom is 0.305 e. The summed E-state index contributed by atoms with van der Waals surface area (Å²) in [5, 5.41) is 23.2. The van der Waals surface area contributed by atoms with Crippen LogP contribution < -0.4 is 5.32 Å². The molecular formula is C61H119NO5. The molecule has 0 bridgehead atoms. The maximum atomic E-state index is 12.5. The van der Waals surface area contributed by atoms with Crippen LogP contribution in [0.15, 0.2) is 12.2 Å². The first-order valence-electron chi connectivity index (χ1n) is 30.5. The van der Waals surface area contributed by atoms with E-state index in [4.69, 9.17) is 4.74 Å². The minimum absolute atomic E-state index is 0.0216. The summed E-state index contributed by atoms with van der Waals surface area (Å²) in [6.45, 7) is 4.88. The highest BCUT2D eigenvalue weighted by Gasteiger charge is 2.18. The van der Waals surface area contributed by atoms with Crippen molar-refractivity contribution in [2.24, 2.45) is 0 Å². The Morgan fingerprint density at radius 1 is 0.403 bits per heavy atom. The Morgan fingerprint density at radius 3 is 1.01 bits per heavy atom. The maximum absolute atomic E-state index is 12.5. The van der Waals surface area contributed by atoms with E-state index in [1.165, 1.54) is 257 Å². The summed E-state index contributed by atoms with van der Waals surface area (Å²) in [5.41, 5.74) is 0. The summed E-state index contributed by atoms with van der Waals surface area (Å²) < 4.78 is 5.48. The van der Waals surface area contributed by atoms with Crippen molar-refractivity contribution in [2.75, 3.05) is 13.2 Å². The van der Waals surface area contributed by atoms with Crippen LogP contribution in [0, 0.1) is 0 Å². The van der Waals surface area contributed by atoms with Gasteiger partial charge < -0.3 is 20.3 Å². The van der Waals surface area contributed by atoms with Gasteiger partial charge in [-0.15, -0.1) is 0 Å². The van der Waals surface area contributed by atoms with Gasteiger partial charge in [0.2, 0.25) is 5.91 Å². The molecule has 2 unspecified atom stereocenters. The zero-order chi connectivity index (χ0) is 48.6. The first-order valence-corrected chi connectivity index (χ1v) is 30.5. The number of amides is 1. The number of carbonyl (C=O) groups excluding carboxylic acids is 2. The second kappa shape index (κ2) is 57.2. The minimum Gasteiger partial charge on any atom is -0.466 e. The van der Waals surface area contributed by atoms with Crippen molar-refractivity contribution in [2.45, 2.75) is 353 Å². The number of carbonyl (C=O) groups is 2. The normalized spacial score (nSPS) is 12.6. The lowest BCUT2D eigenvalue weighted by Gasteiger charge is -2.20. The second-order valence-electron chi connectivity index (χ2n) is 21.0. The standard InChI is InChI=1S/C61H119NO5/c1-3-5-7-9-11-13-15-17-19-21-23-24-25-26-27-28-30-32-34-37-41-45-49-53-59(64)58(57-63)62-60(65)54-50-46-42-38-36-40-44-48-52-56-67-61(66)55-51-47-43-39-35-33-31-29-22-20-18-16-14-12-10-8-6-4-2/h49,53,58-59,63-64H,3-48,50-52,54-57H2,1-2H3,(H,62,65)/b53-49+. The van der Waals surface area contributed by atoms with Crippen LogP contribution in [0.2, 0.25) is 0 Å². The molecule has 0 radical (unpaired) electrons. The number of allylic oxidation sites excluding steroid dienone is 1. The zero-order valence-electron chi connectivity index (χ0n) is 45.4. The Hall–Kier alpha value is -1.40. The number of nitrogens with one attached hydrogen (secondary N) is 1. The predicted octanol–water partition coefficient (Wildman–Crippen LogP) is 18.9. The SMILES string of the molecule is CCCCCCCCCCCCCCCCCCCCCCC/C=C/C(O)C(CO)NC(=O)CCCCCCCCCCCOC(=O)CCCCCCCCCCCCCCCCCCCC. The molecule has 6 nitrogen and oxygen atoms in total. The minimum atomic E-state index is -0.862. The molecule has 0 rings (SSSR count). The number of hydrogen-bond acceptors (Lipinski definition) is 5. The van der Waals surface area contributed by atoms with E-state index in [9.17, 15) is 19.8 Å². The van der Waals surface area contributed by atoms with Crippen molar-refractivity contribution in [1.82, 2.24) is 5.32 Å². The fourth-order valence-electron chi connectivity index (χ4n) is 9.64.